The van der Waals surface area contributed by atoms with Crippen LogP contribution in [-0.2, 0) is 28.0 Å². The van der Waals surface area contributed by atoms with Gasteiger partial charge in [-0.25, -0.2) is 0 Å². The van der Waals surface area contributed by atoms with Crippen LogP contribution < -0.4 is 29.6 Å². The van der Waals surface area contributed by atoms with E-state index in [4.69, 9.17) is 4.74 Å². The summed E-state index contributed by atoms with van der Waals surface area (Å²) in [7, 11) is 0. The molecule has 0 bridgehead atoms. The summed E-state index contributed by atoms with van der Waals surface area (Å²) in [6, 6.07) is 6.32. The number of aryl methyl sites for hydroxylation is 1. The Morgan fingerprint density at radius 1 is 1.41 bits per heavy atom. The second kappa shape index (κ2) is 6.75. The largest absolute Gasteiger partial charge is 1.00 e. The molecule has 5 heteroatoms. The molecule has 0 fully saturated rings. The Morgan fingerprint density at radius 2 is 2.18 bits per heavy atom. The normalized spacial score (nSPS) is 20.5. The first kappa shape index (κ1) is 17.5. The molecule has 0 aliphatic carbocycles. The summed E-state index contributed by atoms with van der Waals surface area (Å²) >= 11 is 0. The number of carboxylic acids is 1. The topological polar surface area (TPSA) is 62.3 Å². The van der Waals surface area contributed by atoms with Crippen molar-refractivity contribution >= 4 is 16.9 Å². The van der Waals surface area contributed by atoms with Crippen molar-refractivity contribution in [2.75, 3.05) is 6.61 Å². The van der Waals surface area contributed by atoms with Crippen LogP contribution in [0.3, 0.4) is 0 Å². The fraction of sp³-hybridized carbons (Fsp3) is 0.471. The number of hydrogen-bond acceptors (Lipinski definition) is 2. The van der Waals surface area contributed by atoms with Crippen LogP contribution in [0.25, 0.3) is 10.9 Å². The molecule has 1 aliphatic heterocycles. The average molecular weight is 310 g/mol. The van der Waals surface area contributed by atoms with Crippen LogP contribution >= 0.6 is 0 Å². The molecule has 1 aromatic carbocycles. The molecule has 0 spiro atoms. The van der Waals surface area contributed by atoms with Crippen LogP contribution in [0.1, 0.15) is 43.5 Å². The van der Waals surface area contributed by atoms with Crippen molar-refractivity contribution in [3.63, 3.8) is 0 Å². The van der Waals surface area contributed by atoms with Crippen LogP contribution in [0.15, 0.2) is 18.2 Å². The number of rotatable bonds is 4. The number of aromatic amines is 1. The van der Waals surface area contributed by atoms with Gasteiger partial charge in [-0.15, -0.1) is 0 Å². The van der Waals surface area contributed by atoms with Gasteiger partial charge in [0.05, 0.1) is 18.7 Å². The summed E-state index contributed by atoms with van der Waals surface area (Å²) in [4.78, 5) is 14.8. The van der Waals surface area contributed by atoms with Gasteiger partial charge in [-0.2, -0.15) is 0 Å². The first-order chi connectivity index (χ1) is 10.1. The van der Waals surface area contributed by atoms with E-state index < -0.39 is 11.6 Å². The van der Waals surface area contributed by atoms with Gasteiger partial charge in [0.2, 0.25) is 0 Å². The number of carbonyl (C=O) groups is 1. The molecular weight excluding hydrogens is 289 g/mol. The van der Waals surface area contributed by atoms with Gasteiger partial charge in [-0.3, -0.25) is 4.79 Å². The Balaban J connectivity index is 0.00000176. The molecule has 1 unspecified atom stereocenters. The van der Waals surface area contributed by atoms with Crippen molar-refractivity contribution in [1.29, 1.82) is 0 Å². The molecule has 112 valence electrons. The Labute approximate surface area is 152 Å². The van der Waals surface area contributed by atoms with Crippen LogP contribution in [0.2, 0.25) is 0 Å². The van der Waals surface area contributed by atoms with Gasteiger partial charge < -0.3 is 14.8 Å². The summed E-state index contributed by atoms with van der Waals surface area (Å²) in [5.74, 6) is -0.820. The van der Waals surface area contributed by atoms with Gasteiger partial charge >= 0.3 is 35.5 Å². The van der Waals surface area contributed by atoms with E-state index in [1.807, 2.05) is 6.92 Å². The van der Waals surface area contributed by atoms with E-state index in [0.717, 1.165) is 24.1 Å². The maximum atomic E-state index is 11.3. The maximum absolute atomic E-state index is 11.3. The zero-order valence-electron chi connectivity index (χ0n) is 13.5. The first-order valence-electron chi connectivity index (χ1n) is 7.60. The van der Waals surface area contributed by atoms with E-state index in [2.05, 4.69) is 30.1 Å². The summed E-state index contributed by atoms with van der Waals surface area (Å²) in [5.41, 5.74) is 3.88. The number of fused-ring (bicyclic) bond motifs is 3. The van der Waals surface area contributed by atoms with Crippen molar-refractivity contribution in [2.45, 2.75) is 45.1 Å². The monoisotopic (exact) mass is 310 g/mol. The Kier molecular flexibility index (Phi) is 5.38. The quantitative estimate of drug-likeness (QED) is 0.803. The van der Waals surface area contributed by atoms with E-state index in [1.54, 1.807) is 0 Å². The SMILES string of the molecule is CCc1cccc2c3c([nH]c12)C(CC)(CC(=O)O)OCC3.[Na+]. The molecule has 0 radical (unpaired) electrons. The average Bonchev–Trinajstić information content (AvgIpc) is 2.87. The number of nitrogens with one attached hydrogen (secondary N) is 1. The molecule has 2 N–H and O–H groups in total. The maximum Gasteiger partial charge on any atom is 1.00 e. The molecular formula is C17H21NNaO3+. The van der Waals surface area contributed by atoms with Gasteiger partial charge in [0.25, 0.3) is 0 Å². The van der Waals surface area contributed by atoms with Crippen LogP contribution in [0, 0.1) is 0 Å². The van der Waals surface area contributed by atoms with Crippen molar-refractivity contribution in [3.8, 4) is 0 Å². The first-order valence-corrected chi connectivity index (χ1v) is 7.60. The van der Waals surface area contributed by atoms with E-state index >= 15 is 0 Å². The third kappa shape index (κ3) is 2.73. The van der Waals surface area contributed by atoms with Crippen LogP contribution in [-0.4, -0.2) is 22.7 Å². The molecule has 4 nitrogen and oxygen atoms in total. The van der Waals surface area contributed by atoms with Crippen LogP contribution in [0.5, 0.6) is 0 Å². The number of H-pyrrole nitrogens is 1. The molecule has 1 aromatic heterocycles. The minimum atomic E-state index is -0.820. The Hall–Kier alpha value is -0.810. The third-order valence-electron chi connectivity index (χ3n) is 4.60. The second-order valence-electron chi connectivity index (χ2n) is 5.69. The van der Waals surface area contributed by atoms with Crippen molar-refractivity contribution in [1.82, 2.24) is 4.98 Å². The molecule has 2 aromatic rings. The van der Waals surface area contributed by atoms with E-state index in [1.165, 1.54) is 16.5 Å². The summed E-state index contributed by atoms with van der Waals surface area (Å²) < 4.78 is 5.94. The molecule has 22 heavy (non-hydrogen) atoms. The Bertz CT molecular complexity index is 695. The number of benzene rings is 1. The fourth-order valence-electron chi connectivity index (χ4n) is 3.49. The molecule has 3 rings (SSSR count). The number of hydrogen-bond donors (Lipinski definition) is 2. The van der Waals surface area contributed by atoms with Gasteiger partial charge in [-0.05, 0) is 30.4 Å². The Morgan fingerprint density at radius 3 is 2.82 bits per heavy atom. The van der Waals surface area contributed by atoms with Gasteiger partial charge in [0.15, 0.2) is 0 Å². The van der Waals surface area contributed by atoms with E-state index in [-0.39, 0.29) is 36.0 Å². The van der Waals surface area contributed by atoms with E-state index in [9.17, 15) is 9.90 Å². The number of aromatic nitrogens is 1. The summed E-state index contributed by atoms with van der Waals surface area (Å²) in [6.45, 7) is 4.71. The summed E-state index contributed by atoms with van der Waals surface area (Å²) in [6.07, 6.45) is 2.45. The smallest absolute Gasteiger partial charge is 0.481 e. The number of para-hydroxylation sites is 1. The molecule has 0 saturated carbocycles. The van der Waals surface area contributed by atoms with Gasteiger partial charge in [0, 0.05) is 10.9 Å². The van der Waals surface area contributed by atoms with Gasteiger partial charge in [0.1, 0.15) is 5.60 Å². The predicted octanol–water partition coefficient (Wildman–Crippen LogP) is 0.387. The van der Waals surface area contributed by atoms with Gasteiger partial charge in [-0.1, -0.05) is 32.0 Å². The molecule has 1 aliphatic rings. The molecule has 0 amide bonds. The van der Waals surface area contributed by atoms with Crippen molar-refractivity contribution in [2.24, 2.45) is 0 Å². The van der Waals surface area contributed by atoms with Crippen LogP contribution in [0.4, 0.5) is 0 Å². The zero-order valence-corrected chi connectivity index (χ0v) is 15.5. The fourth-order valence-corrected chi connectivity index (χ4v) is 3.49. The number of carboxylic acid groups (broad SMARTS) is 1. The van der Waals surface area contributed by atoms with Crippen molar-refractivity contribution in [3.05, 3.63) is 35.0 Å². The third-order valence-corrected chi connectivity index (χ3v) is 4.60. The molecule has 2 heterocycles. The molecule has 1 atom stereocenters. The minimum absolute atomic E-state index is 0. The van der Waals surface area contributed by atoms with Crippen molar-refractivity contribution < 1.29 is 44.2 Å². The second-order valence-corrected chi connectivity index (χ2v) is 5.69. The number of ether oxygens (including phenoxy) is 1. The predicted molar refractivity (Wildman–Crippen MR) is 81.6 cm³/mol. The van der Waals surface area contributed by atoms with E-state index in [0.29, 0.717) is 13.0 Å². The molecule has 0 saturated heterocycles. The zero-order chi connectivity index (χ0) is 15.0. The standard InChI is InChI=1S/C17H21NO3.Na/c1-3-11-6-5-7-12-13-8-9-21-17(4-2,10-14(19)20)16(13)18-15(11)12;/h5-7,18H,3-4,8-10H2,1-2H3,(H,19,20);/q;+1. The summed E-state index contributed by atoms with van der Waals surface area (Å²) in [5, 5.41) is 10.5. The number of aliphatic carboxylic acids is 1. The minimum Gasteiger partial charge on any atom is -0.481 e.